The first-order chi connectivity index (χ1) is 11.7. The zero-order chi connectivity index (χ0) is 16.9. The number of methoxy groups -OCH3 is 1. The van der Waals surface area contributed by atoms with Crippen molar-refractivity contribution in [3.05, 3.63) is 41.6 Å². The number of ether oxygens (including phenoxy) is 1. The number of aromatic nitrogens is 2. The number of hydrogen-bond acceptors (Lipinski definition) is 4. The van der Waals surface area contributed by atoms with Crippen molar-refractivity contribution >= 4 is 17.5 Å². The van der Waals surface area contributed by atoms with Crippen LogP contribution in [0.25, 0.3) is 0 Å². The first kappa shape index (κ1) is 16.0. The van der Waals surface area contributed by atoms with E-state index in [1.54, 1.807) is 24.3 Å². The van der Waals surface area contributed by atoms with Crippen LogP contribution < -0.4 is 10.1 Å². The van der Waals surface area contributed by atoms with Gasteiger partial charge in [0.25, 0.3) is 11.8 Å². The number of aromatic amines is 1. The van der Waals surface area contributed by atoms with E-state index in [-0.39, 0.29) is 11.8 Å². The highest BCUT2D eigenvalue weighted by atomic mass is 16.5. The average Bonchev–Trinajstić information content (AvgIpc) is 3.11. The molecule has 1 aromatic heterocycles. The van der Waals surface area contributed by atoms with Gasteiger partial charge in [-0.05, 0) is 37.5 Å². The Labute approximate surface area is 140 Å². The molecule has 1 fully saturated rings. The first-order valence-corrected chi connectivity index (χ1v) is 7.97. The lowest BCUT2D eigenvalue weighted by molar-refractivity contribution is 0.0724. The molecular weight excluding hydrogens is 308 g/mol. The summed E-state index contributed by atoms with van der Waals surface area (Å²) in [7, 11) is 1.48. The maximum atomic E-state index is 12.5. The van der Waals surface area contributed by atoms with Gasteiger partial charge in [-0.3, -0.25) is 14.7 Å². The second kappa shape index (κ2) is 7.16. The van der Waals surface area contributed by atoms with Crippen LogP contribution in [0.15, 0.2) is 30.3 Å². The van der Waals surface area contributed by atoms with Crippen LogP contribution in [0, 0.1) is 0 Å². The molecular formula is C17H20N4O3. The maximum Gasteiger partial charge on any atom is 0.273 e. The molecule has 1 aromatic carbocycles. The molecule has 0 spiro atoms. The molecule has 126 valence electrons. The molecule has 0 atom stereocenters. The third kappa shape index (κ3) is 3.56. The highest BCUT2D eigenvalue weighted by Gasteiger charge is 2.18. The summed E-state index contributed by atoms with van der Waals surface area (Å²) in [5.74, 6) is 0.0107. The minimum atomic E-state index is -0.339. The number of likely N-dealkylation sites (tertiary alicyclic amines) is 1. The van der Waals surface area contributed by atoms with E-state index in [9.17, 15) is 9.59 Å². The Morgan fingerprint density at radius 3 is 2.71 bits per heavy atom. The van der Waals surface area contributed by atoms with Crippen LogP contribution in [-0.2, 0) is 0 Å². The van der Waals surface area contributed by atoms with Crippen molar-refractivity contribution in [2.75, 3.05) is 25.5 Å². The van der Waals surface area contributed by atoms with Crippen molar-refractivity contribution in [1.29, 1.82) is 0 Å². The molecule has 2 heterocycles. The van der Waals surface area contributed by atoms with Crippen LogP contribution in [-0.4, -0.2) is 47.1 Å². The van der Waals surface area contributed by atoms with E-state index >= 15 is 0 Å². The van der Waals surface area contributed by atoms with Crippen molar-refractivity contribution in [3.63, 3.8) is 0 Å². The van der Waals surface area contributed by atoms with Gasteiger partial charge >= 0.3 is 0 Å². The van der Waals surface area contributed by atoms with Gasteiger partial charge in [0.1, 0.15) is 5.69 Å². The molecule has 0 aliphatic carbocycles. The smallest absolute Gasteiger partial charge is 0.273 e. The number of rotatable bonds is 4. The SMILES string of the molecule is COc1cc(C(=O)Nc2cccc(C(=O)N3CCCCC3)c2)[nH]n1. The number of carbonyl (C=O) groups is 2. The minimum Gasteiger partial charge on any atom is -0.480 e. The Balaban J connectivity index is 1.70. The summed E-state index contributed by atoms with van der Waals surface area (Å²) in [4.78, 5) is 26.6. The molecule has 2 N–H and O–H groups in total. The lowest BCUT2D eigenvalue weighted by Crippen LogP contribution is -2.35. The third-order valence-corrected chi connectivity index (χ3v) is 4.02. The summed E-state index contributed by atoms with van der Waals surface area (Å²) in [6.45, 7) is 1.59. The minimum absolute atomic E-state index is 0.00834. The monoisotopic (exact) mass is 328 g/mol. The van der Waals surface area contributed by atoms with Gasteiger partial charge in [-0.15, -0.1) is 5.10 Å². The number of hydrogen-bond donors (Lipinski definition) is 2. The molecule has 2 aromatic rings. The van der Waals surface area contributed by atoms with E-state index in [2.05, 4.69) is 15.5 Å². The van der Waals surface area contributed by atoms with Gasteiger partial charge in [0.2, 0.25) is 5.88 Å². The lowest BCUT2D eigenvalue weighted by atomic mass is 10.1. The normalized spacial score (nSPS) is 14.3. The summed E-state index contributed by atoms with van der Waals surface area (Å²) in [6, 6.07) is 8.49. The standard InChI is InChI=1S/C17H20N4O3/c1-24-15-11-14(19-20-15)16(22)18-13-7-5-6-12(10-13)17(23)21-8-3-2-4-9-21/h5-7,10-11H,2-4,8-9H2,1H3,(H,18,22)(H,19,20). The third-order valence-electron chi connectivity index (χ3n) is 4.02. The molecule has 0 bridgehead atoms. The van der Waals surface area contributed by atoms with Gasteiger partial charge in [0, 0.05) is 30.4 Å². The highest BCUT2D eigenvalue weighted by molar-refractivity contribution is 6.04. The van der Waals surface area contributed by atoms with E-state index in [1.165, 1.54) is 19.6 Å². The van der Waals surface area contributed by atoms with Crippen LogP contribution in [0.3, 0.4) is 0 Å². The Bertz CT molecular complexity index is 735. The molecule has 7 heteroatoms. The molecule has 0 radical (unpaired) electrons. The predicted octanol–water partition coefficient (Wildman–Crippen LogP) is 2.30. The number of H-pyrrole nitrogens is 1. The van der Waals surface area contributed by atoms with Gasteiger partial charge in [0.05, 0.1) is 7.11 Å². The highest BCUT2D eigenvalue weighted by Crippen LogP contribution is 2.17. The molecule has 1 saturated heterocycles. The Morgan fingerprint density at radius 2 is 2.00 bits per heavy atom. The largest absolute Gasteiger partial charge is 0.480 e. The summed E-state index contributed by atoms with van der Waals surface area (Å²) >= 11 is 0. The molecule has 7 nitrogen and oxygen atoms in total. The molecule has 1 aliphatic rings. The van der Waals surface area contributed by atoms with Gasteiger partial charge in [-0.1, -0.05) is 6.07 Å². The lowest BCUT2D eigenvalue weighted by Gasteiger charge is -2.26. The number of piperidine rings is 1. The fraction of sp³-hybridized carbons (Fsp3) is 0.353. The van der Waals surface area contributed by atoms with Gasteiger partial charge in [-0.25, -0.2) is 0 Å². The number of nitrogens with one attached hydrogen (secondary N) is 2. The maximum absolute atomic E-state index is 12.5. The molecule has 24 heavy (non-hydrogen) atoms. The van der Waals surface area contributed by atoms with E-state index < -0.39 is 0 Å². The number of amides is 2. The van der Waals surface area contributed by atoms with Gasteiger partial charge in [-0.2, -0.15) is 0 Å². The first-order valence-electron chi connectivity index (χ1n) is 7.97. The Kier molecular flexibility index (Phi) is 4.79. The summed E-state index contributed by atoms with van der Waals surface area (Å²) in [5, 5.41) is 9.20. The molecule has 3 rings (SSSR count). The molecule has 0 unspecified atom stereocenters. The van der Waals surface area contributed by atoms with Crippen LogP contribution in [0.1, 0.15) is 40.1 Å². The van der Waals surface area contributed by atoms with Crippen molar-refractivity contribution < 1.29 is 14.3 Å². The van der Waals surface area contributed by atoms with Crippen molar-refractivity contribution in [2.45, 2.75) is 19.3 Å². The molecule has 2 amide bonds. The van der Waals surface area contributed by atoms with Crippen molar-refractivity contribution in [1.82, 2.24) is 15.1 Å². The van der Waals surface area contributed by atoms with Crippen LogP contribution in [0.2, 0.25) is 0 Å². The Hall–Kier alpha value is -2.83. The number of carbonyl (C=O) groups excluding carboxylic acids is 2. The quantitative estimate of drug-likeness (QED) is 0.901. The van der Waals surface area contributed by atoms with Crippen LogP contribution >= 0.6 is 0 Å². The van der Waals surface area contributed by atoms with Gasteiger partial charge < -0.3 is 15.0 Å². The van der Waals surface area contributed by atoms with E-state index in [4.69, 9.17) is 4.74 Å². The molecule has 0 saturated carbocycles. The van der Waals surface area contributed by atoms with E-state index in [0.717, 1.165) is 25.9 Å². The Morgan fingerprint density at radius 1 is 1.21 bits per heavy atom. The van der Waals surface area contributed by atoms with Crippen LogP contribution in [0.4, 0.5) is 5.69 Å². The van der Waals surface area contributed by atoms with Crippen molar-refractivity contribution in [2.24, 2.45) is 0 Å². The predicted molar refractivity (Wildman–Crippen MR) is 89.3 cm³/mol. The van der Waals surface area contributed by atoms with E-state index in [1.807, 2.05) is 4.90 Å². The van der Waals surface area contributed by atoms with Gasteiger partial charge in [0.15, 0.2) is 0 Å². The van der Waals surface area contributed by atoms with E-state index in [0.29, 0.717) is 22.8 Å². The fourth-order valence-corrected chi connectivity index (χ4v) is 2.73. The summed E-state index contributed by atoms with van der Waals surface area (Å²) in [6.07, 6.45) is 3.27. The molecule has 1 aliphatic heterocycles. The zero-order valence-corrected chi connectivity index (χ0v) is 13.5. The number of nitrogens with zero attached hydrogens (tertiary/aromatic N) is 2. The second-order valence-corrected chi connectivity index (χ2v) is 5.71. The summed E-state index contributed by atoms with van der Waals surface area (Å²) in [5.41, 5.74) is 1.44. The van der Waals surface area contributed by atoms with Crippen molar-refractivity contribution in [3.8, 4) is 5.88 Å². The topological polar surface area (TPSA) is 87.3 Å². The van der Waals surface area contributed by atoms with Crippen LogP contribution in [0.5, 0.6) is 5.88 Å². The average molecular weight is 328 g/mol. The number of anilines is 1. The number of benzene rings is 1. The zero-order valence-electron chi connectivity index (χ0n) is 13.5. The second-order valence-electron chi connectivity index (χ2n) is 5.71. The summed E-state index contributed by atoms with van der Waals surface area (Å²) < 4.78 is 4.94. The fourth-order valence-electron chi connectivity index (χ4n) is 2.73.